The largest absolute Gasteiger partial charge is 0.0683 e. The van der Waals surface area contributed by atoms with Crippen molar-refractivity contribution in [2.45, 2.75) is 112 Å². The van der Waals surface area contributed by atoms with Gasteiger partial charge in [-0.05, 0) is 74.0 Å². The second kappa shape index (κ2) is 8.59. The van der Waals surface area contributed by atoms with Crippen LogP contribution >= 0.6 is 0 Å². The van der Waals surface area contributed by atoms with E-state index in [9.17, 15) is 0 Å². The van der Waals surface area contributed by atoms with E-state index in [1.54, 1.807) is 44.9 Å². The molecule has 2 spiro atoms. The van der Waals surface area contributed by atoms with Crippen molar-refractivity contribution in [2.75, 3.05) is 0 Å². The first-order valence-electron chi connectivity index (χ1n) is 10.2. The van der Waals surface area contributed by atoms with Gasteiger partial charge in [0.25, 0.3) is 0 Å². The molecule has 0 aromatic carbocycles. The van der Waals surface area contributed by atoms with Crippen molar-refractivity contribution in [3.8, 4) is 0 Å². The van der Waals surface area contributed by atoms with Crippen molar-refractivity contribution < 1.29 is 0 Å². The Morgan fingerprint density at radius 3 is 1.48 bits per heavy atom. The van der Waals surface area contributed by atoms with Crippen LogP contribution in [0, 0.1) is 22.7 Å². The quantitative estimate of drug-likeness (QED) is 0.466. The topological polar surface area (TPSA) is 0 Å². The minimum Gasteiger partial charge on any atom is -0.0683 e. The third kappa shape index (κ3) is 5.00. The van der Waals surface area contributed by atoms with Crippen molar-refractivity contribution in [3.63, 3.8) is 0 Å². The van der Waals surface area contributed by atoms with Gasteiger partial charge >= 0.3 is 0 Å². The smallest absolute Gasteiger partial charge is 0.0266 e. The van der Waals surface area contributed by atoms with Crippen molar-refractivity contribution >= 4 is 0 Å². The fraction of sp³-hybridized carbons (Fsp3) is 1.00. The highest BCUT2D eigenvalue weighted by atomic mass is 14.6. The van der Waals surface area contributed by atoms with Crippen LogP contribution in [-0.2, 0) is 0 Å². The molecule has 4 aliphatic rings. The maximum Gasteiger partial charge on any atom is -0.0266 e. The summed E-state index contributed by atoms with van der Waals surface area (Å²) in [5.74, 6) is 2.04. The van der Waals surface area contributed by atoms with E-state index in [2.05, 4.69) is 13.8 Å². The zero-order chi connectivity index (χ0) is 15.9. The lowest BCUT2D eigenvalue weighted by Crippen LogP contribution is -2.14. The van der Waals surface area contributed by atoms with Crippen molar-refractivity contribution in [1.82, 2.24) is 0 Å². The predicted octanol–water partition coefficient (Wildman–Crippen LogP) is 7.62. The Hall–Kier alpha value is 0. The van der Waals surface area contributed by atoms with Crippen LogP contribution in [0.15, 0.2) is 0 Å². The van der Waals surface area contributed by atoms with Crippen LogP contribution in [0.4, 0.5) is 0 Å². The molecule has 0 nitrogen and oxygen atoms in total. The molecule has 1 unspecified atom stereocenters. The molecule has 4 saturated carbocycles. The molecule has 0 saturated heterocycles. The average Bonchev–Trinajstić information content (AvgIpc) is 3.32. The van der Waals surface area contributed by atoms with Gasteiger partial charge in [0, 0.05) is 0 Å². The molecule has 21 heavy (non-hydrogen) atoms. The molecular formula is C21H42. The van der Waals surface area contributed by atoms with Crippen LogP contribution < -0.4 is 0 Å². The fourth-order valence-electron chi connectivity index (χ4n) is 4.79. The van der Waals surface area contributed by atoms with Crippen LogP contribution in [0.5, 0.6) is 0 Å². The molecule has 0 radical (unpaired) electrons. The van der Waals surface area contributed by atoms with Gasteiger partial charge in [-0.15, -0.1) is 0 Å². The van der Waals surface area contributed by atoms with E-state index in [1.807, 2.05) is 27.7 Å². The van der Waals surface area contributed by atoms with E-state index in [-0.39, 0.29) is 0 Å². The predicted molar refractivity (Wildman–Crippen MR) is 96.7 cm³/mol. The van der Waals surface area contributed by atoms with E-state index in [0.29, 0.717) is 0 Å². The van der Waals surface area contributed by atoms with Crippen LogP contribution in [0.3, 0.4) is 0 Å². The van der Waals surface area contributed by atoms with Gasteiger partial charge in [-0.25, -0.2) is 0 Å². The molecule has 0 aromatic heterocycles. The van der Waals surface area contributed by atoms with Gasteiger partial charge in [-0.1, -0.05) is 60.8 Å². The lowest BCUT2D eigenvalue weighted by Gasteiger charge is -2.21. The van der Waals surface area contributed by atoms with Crippen molar-refractivity contribution in [1.29, 1.82) is 0 Å². The van der Waals surface area contributed by atoms with Gasteiger partial charge in [0.1, 0.15) is 0 Å². The van der Waals surface area contributed by atoms with E-state index in [4.69, 9.17) is 0 Å². The Kier molecular flexibility index (Phi) is 7.79. The molecule has 126 valence electrons. The summed E-state index contributed by atoms with van der Waals surface area (Å²) in [5, 5.41) is 0. The van der Waals surface area contributed by atoms with E-state index < -0.39 is 0 Å². The summed E-state index contributed by atoms with van der Waals surface area (Å²) < 4.78 is 0. The molecule has 0 aromatic rings. The second-order valence-corrected chi connectivity index (χ2v) is 7.81. The zero-order valence-electron chi connectivity index (χ0n) is 15.9. The Labute approximate surface area is 135 Å². The molecule has 0 N–H and O–H groups in total. The van der Waals surface area contributed by atoms with Crippen molar-refractivity contribution in [2.24, 2.45) is 22.7 Å². The first-order valence-corrected chi connectivity index (χ1v) is 10.2. The number of hydrogen-bond acceptors (Lipinski definition) is 0. The first-order chi connectivity index (χ1) is 10.2. The van der Waals surface area contributed by atoms with Gasteiger partial charge in [0.2, 0.25) is 0 Å². The molecule has 0 amide bonds. The molecule has 0 heteroatoms. The minimum atomic E-state index is 0.883. The van der Waals surface area contributed by atoms with Gasteiger partial charge in [0.15, 0.2) is 0 Å². The summed E-state index contributed by atoms with van der Waals surface area (Å²) in [5.41, 5.74) is 1.83. The summed E-state index contributed by atoms with van der Waals surface area (Å²) in [4.78, 5) is 0. The number of rotatable bonds is 1. The van der Waals surface area contributed by atoms with E-state index in [1.165, 1.54) is 25.7 Å². The van der Waals surface area contributed by atoms with E-state index >= 15 is 0 Å². The molecule has 4 rings (SSSR count). The van der Waals surface area contributed by atoms with Gasteiger partial charge in [-0.3, -0.25) is 0 Å². The van der Waals surface area contributed by atoms with Gasteiger partial charge in [0.05, 0.1) is 0 Å². The van der Waals surface area contributed by atoms with Crippen LogP contribution in [0.2, 0.25) is 0 Å². The second-order valence-electron chi connectivity index (χ2n) is 7.81. The Morgan fingerprint density at radius 1 is 0.667 bits per heavy atom. The monoisotopic (exact) mass is 294 g/mol. The van der Waals surface area contributed by atoms with Crippen LogP contribution in [-0.4, -0.2) is 0 Å². The van der Waals surface area contributed by atoms with Gasteiger partial charge < -0.3 is 0 Å². The highest BCUT2D eigenvalue weighted by molar-refractivity contribution is 5.02. The lowest BCUT2D eigenvalue weighted by atomic mass is 9.84. The molecule has 4 aliphatic carbocycles. The summed E-state index contributed by atoms with van der Waals surface area (Å²) in [6.45, 7) is 12.8. The standard InChI is InChI=1S/C10H18.C7H12.2C2H6/c1-8(2)9-4-3-5-10(9)6-7-10;1-2-4-7(3-1)5-6-7;2*1-2/h8-9H,3-7H2,1-2H3;1-6H2;2*1-2H3. The average molecular weight is 295 g/mol. The zero-order valence-corrected chi connectivity index (χ0v) is 15.9. The minimum absolute atomic E-state index is 0.883. The molecular weight excluding hydrogens is 252 g/mol. The highest BCUT2D eigenvalue weighted by Gasteiger charge is 2.52. The first kappa shape index (κ1) is 19.0. The molecule has 0 aliphatic heterocycles. The Morgan fingerprint density at radius 2 is 1.19 bits per heavy atom. The maximum atomic E-state index is 2.40. The third-order valence-corrected chi connectivity index (χ3v) is 6.29. The Balaban J connectivity index is 0.000000176. The highest BCUT2D eigenvalue weighted by Crippen LogP contribution is 2.63. The fourth-order valence-corrected chi connectivity index (χ4v) is 4.79. The summed E-state index contributed by atoms with van der Waals surface area (Å²) >= 11 is 0. The molecule has 0 bridgehead atoms. The van der Waals surface area contributed by atoms with Gasteiger partial charge in [-0.2, -0.15) is 0 Å². The molecule has 0 heterocycles. The van der Waals surface area contributed by atoms with Crippen LogP contribution in [0.1, 0.15) is 112 Å². The third-order valence-electron chi connectivity index (χ3n) is 6.29. The molecule has 4 fully saturated rings. The van der Waals surface area contributed by atoms with E-state index in [0.717, 1.165) is 22.7 Å². The summed E-state index contributed by atoms with van der Waals surface area (Å²) in [7, 11) is 0. The number of hydrogen-bond donors (Lipinski definition) is 0. The molecule has 1 atom stereocenters. The Bertz CT molecular complexity index is 260. The SMILES string of the molecule is C1CCC2(C1)CC2.CC.CC.CC(C)C1CCCC12CC2. The summed E-state index contributed by atoms with van der Waals surface area (Å²) in [6.07, 6.45) is 17.0. The maximum absolute atomic E-state index is 2.40. The van der Waals surface area contributed by atoms with Crippen molar-refractivity contribution in [3.05, 3.63) is 0 Å². The normalized spacial score (nSPS) is 29.0. The van der Waals surface area contributed by atoms with Crippen LogP contribution in [0.25, 0.3) is 0 Å². The lowest BCUT2D eigenvalue weighted by molar-refractivity contribution is 0.275. The summed E-state index contributed by atoms with van der Waals surface area (Å²) in [6, 6.07) is 0.